The van der Waals surface area contributed by atoms with E-state index in [4.69, 9.17) is 9.52 Å². The maximum Gasteiger partial charge on any atom is 0.394 e. The van der Waals surface area contributed by atoms with Crippen LogP contribution in [0.15, 0.2) is 22.6 Å². The van der Waals surface area contributed by atoms with E-state index in [1.165, 1.54) is 7.11 Å². The Bertz CT molecular complexity index is 503. The SMILES string of the molecule is COC(=O)c1nc2cc(CO)ccc2o1. The number of fused-ring (bicyclic) bond motifs is 1. The van der Waals surface area contributed by atoms with Gasteiger partial charge in [0, 0.05) is 0 Å². The first-order valence-electron chi connectivity index (χ1n) is 4.33. The highest BCUT2D eigenvalue weighted by Gasteiger charge is 2.14. The van der Waals surface area contributed by atoms with E-state index in [2.05, 4.69) is 9.72 Å². The summed E-state index contributed by atoms with van der Waals surface area (Å²) in [6.07, 6.45) is 0. The number of aliphatic hydroxyl groups is 1. The van der Waals surface area contributed by atoms with Crippen molar-refractivity contribution in [2.24, 2.45) is 0 Å². The van der Waals surface area contributed by atoms with Crippen molar-refractivity contribution in [2.45, 2.75) is 6.61 Å². The fourth-order valence-corrected chi connectivity index (χ4v) is 1.25. The van der Waals surface area contributed by atoms with E-state index < -0.39 is 5.97 Å². The Morgan fingerprint density at radius 2 is 2.40 bits per heavy atom. The van der Waals surface area contributed by atoms with Crippen LogP contribution >= 0.6 is 0 Å². The number of rotatable bonds is 2. The third-order valence-corrected chi connectivity index (χ3v) is 1.99. The zero-order chi connectivity index (χ0) is 10.8. The van der Waals surface area contributed by atoms with Gasteiger partial charge in [-0.1, -0.05) is 6.07 Å². The summed E-state index contributed by atoms with van der Waals surface area (Å²) in [6.45, 7) is -0.0731. The van der Waals surface area contributed by atoms with Crippen molar-refractivity contribution in [3.05, 3.63) is 29.7 Å². The van der Waals surface area contributed by atoms with Gasteiger partial charge in [0.05, 0.1) is 13.7 Å². The number of hydrogen-bond donors (Lipinski definition) is 1. The maximum atomic E-state index is 11.1. The summed E-state index contributed by atoms with van der Waals surface area (Å²) in [7, 11) is 1.26. The molecule has 1 heterocycles. The zero-order valence-corrected chi connectivity index (χ0v) is 8.06. The minimum Gasteiger partial charge on any atom is -0.462 e. The van der Waals surface area contributed by atoms with E-state index in [0.29, 0.717) is 16.7 Å². The Morgan fingerprint density at radius 3 is 3.07 bits per heavy atom. The lowest BCUT2D eigenvalue weighted by molar-refractivity contribution is 0.0558. The molecule has 0 aliphatic heterocycles. The van der Waals surface area contributed by atoms with Crippen molar-refractivity contribution in [1.29, 1.82) is 0 Å². The number of hydrogen-bond acceptors (Lipinski definition) is 5. The number of benzene rings is 1. The number of nitrogens with zero attached hydrogens (tertiary/aromatic N) is 1. The predicted molar refractivity (Wildman–Crippen MR) is 51.3 cm³/mol. The van der Waals surface area contributed by atoms with Gasteiger partial charge >= 0.3 is 11.9 Å². The summed E-state index contributed by atoms with van der Waals surface area (Å²) in [4.78, 5) is 15.0. The molecule has 0 spiro atoms. The van der Waals surface area contributed by atoms with E-state index in [0.717, 1.165) is 0 Å². The third kappa shape index (κ3) is 1.69. The maximum absolute atomic E-state index is 11.1. The van der Waals surface area contributed by atoms with E-state index >= 15 is 0 Å². The van der Waals surface area contributed by atoms with Crippen LogP contribution in [0.25, 0.3) is 11.1 Å². The molecule has 0 aliphatic rings. The van der Waals surface area contributed by atoms with Crippen LogP contribution in [0.3, 0.4) is 0 Å². The van der Waals surface area contributed by atoms with Crippen molar-refractivity contribution < 1.29 is 19.1 Å². The second-order valence-corrected chi connectivity index (χ2v) is 2.97. The van der Waals surface area contributed by atoms with Gasteiger partial charge in [-0.15, -0.1) is 0 Å². The molecule has 0 bridgehead atoms. The molecule has 0 unspecified atom stereocenters. The lowest BCUT2D eigenvalue weighted by Gasteiger charge is -1.92. The largest absolute Gasteiger partial charge is 0.462 e. The van der Waals surface area contributed by atoms with E-state index in [1.807, 2.05) is 0 Å². The molecule has 0 amide bonds. The number of aromatic nitrogens is 1. The van der Waals surface area contributed by atoms with Crippen LogP contribution in [0.5, 0.6) is 0 Å². The summed E-state index contributed by atoms with van der Waals surface area (Å²) < 4.78 is 9.63. The van der Waals surface area contributed by atoms with Crippen LogP contribution in [0, 0.1) is 0 Å². The molecule has 15 heavy (non-hydrogen) atoms. The highest BCUT2D eigenvalue weighted by atomic mass is 16.5. The highest BCUT2D eigenvalue weighted by molar-refractivity contribution is 5.88. The van der Waals surface area contributed by atoms with Gasteiger partial charge in [-0.25, -0.2) is 9.78 Å². The van der Waals surface area contributed by atoms with Crippen LogP contribution < -0.4 is 0 Å². The van der Waals surface area contributed by atoms with Crippen LogP contribution in [0.2, 0.25) is 0 Å². The minimum atomic E-state index is -0.614. The number of carbonyl (C=O) groups is 1. The van der Waals surface area contributed by atoms with Crippen molar-refractivity contribution in [1.82, 2.24) is 4.98 Å². The van der Waals surface area contributed by atoms with E-state index in [1.54, 1.807) is 18.2 Å². The smallest absolute Gasteiger partial charge is 0.394 e. The second-order valence-electron chi connectivity index (χ2n) is 2.97. The Balaban J connectivity index is 2.51. The summed E-state index contributed by atoms with van der Waals surface area (Å²) in [5, 5.41) is 8.91. The summed E-state index contributed by atoms with van der Waals surface area (Å²) in [6, 6.07) is 5.01. The molecule has 1 N–H and O–H groups in total. The van der Waals surface area contributed by atoms with Gasteiger partial charge in [-0.05, 0) is 17.7 Å². The number of carbonyl (C=O) groups excluding carboxylic acids is 1. The van der Waals surface area contributed by atoms with Crippen molar-refractivity contribution in [3.63, 3.8) is 0 Å². The normalized spacial score (nSPS) is 10.5. The van der Waals surface area contributed by atoms with Gasteiger partial charge < -0.3 is 14.3 Å². The molecular formula is C10H9NO4. The zero-order valence-electron chi connectivity index (χ0n) is 8.06. The Labute approximate surface area is 85.3 Å². The van der Waals surface area contributed by atoms with Gasteiger partial charge in [-0.2, -0.15) is 0 Å². The number of aliphatic hydroxyl groups excluding tert-OH is 1. The molecule has 0 atom stereocenters. The molecule has 0 saturated heterocycles. The van der Waals surface area contributed by atoms with E-state index in [-0.39, 0.29) is 12.5 Å². The van der Waals surface area contributed by atoms with Gasteiger partial charge in [0.25, 0.3) is 0 Å². The summed E-state index contributed by atoms with van der Waals surface area (Å²) in [5.41, 5.74) is 1.74. The van der Waals surface area contributed by atoms with Gasteiger partial charge in [0.1, 0.15) is 5.52 Å². The molecule has 5 heteroatoms. The first kappa shape index (κ1) is 9.67. The third-order valence-electron chi connectivity index (χ3n) is 1.99. The van der Waals surface area contributed by atoms with Gasteiger partial charge in [0.15, 0.2) is 5.58 Å². The second kappa shape index (κ2) is 3.70. The summed E-state index contributed by atoms with van der Waals surface area (Å²) >= 11 is 0. The Kier molecular flexibility index (Phi) is 2.39. The number of methoxy groups -OCH3 is 1. The lowest BCUT2D eigenvalue weighted by atomic mass is 10.2. The molecule has 2 rings (SSSR count). The highest BCUT2D eigenvalue weighted by Crippen LogP contribution is 2.17. The van der Waals surface area contributed by atoms with Crippen LogP contribution in [0.4, 0.5) is 0 Å². The molecule has 0 aliphatic carbocycles. The Morgan fingerprint density at radius 1 is 1.60 bits per heavy atom. The van der Waals surface area contributed by atoms with E-state index in [9.17, 15) is 4.79 Å². The van der Waals surface area contributed by atoms with Crippen LogP contribution in [-0.4, -0.2) is 23.2 Å². The van der Waals surface area contributed by atoms with Crippen molar-refractivity contribution in [2.75, 3.05) is 7.11 Å². The average molecular weight is 207 g/mol. The molecule has 0 fully saturated rings. The first-order chi connectivity index (χ1) is 7.24. The Hall–Kier alpha value is -1.88. The molecular weight excluding hydrogens is 198 g/mol. The molecule has 2 aromatic rings. The van der Waals surface area contributed by atoms with Gasteiger partial charge in [0.2, 0.25) is 0 Å². The molecule has 1 aromatic heterocycles. The van der Waals surface area contributed by atoms with Crippen LogP contribution in [-0.2, 0) is 11.3 Å². The molecule has 0 saturated carbocycles. The molecule has 1 aromatic carbocycles. The molecule has 0 radical (unpaired) electrons. The monoisotopic (exact) mass is 207 g/mol. The summed E-state index contributed by atoms with van der Waals surface area (Å²) in [5.74, 6) is -0.695. The topological polar surface area (TPSA) is 72.6 Å². The lowest BCUT2D eigenvalue weighted by Crippen LogP contribution is -2.00. The van der Waals surface area contributed by atoms with Crippen molar-refractivity contribution in [3.8, 4) is 0 Å². The number of ether oxygens (including phenoxy) is 1. The quantitative estimate of drug-likeness (QED) is 0.746. The molecule has 78 valence electrons. The fraction of sp³-hybridized carbons (Fsp3) is 0.200. The number of esters is 1. The van der Waals surface area contributed by atoms with Crippen molar-refractivity contribution >= 4 is 17.1 Å². The van der Waals surface area contributed by atoms with Crippen LogP contribution in [0.1, 0.15) is 16.2 Å². The van der Waals surface area contributed by atoms with Gasteiger partial charge in [-0.3, -0.25) is 0 Å². The average Bonchev–Trinajstić information content (AvgIpc) is 2.70. The molecule has 5 nitrogen and oxygen atoms in total. The predicted octanol–water partition coefficient (Wildman–Crippen LogP) is 1.11. The number of oxazole rings is 1. The standard InChI is InChI=1S/C10H9NO4/c1-14-10(13)9-11-7-4-6(5-12)2-3-8(7)15-9/h2-4,12H,5H2,1H3. The minimum absolute atomic E-state index is 0.0731. The first-order valence-corrected chi connectivity index (χ1v) is 4.33. The fourth-order valence-electron chi connectivity index (χ4n) is 1.25.